The minimum Gasteiger partial charge on any atom is -0.480 e. The third-order valence-corrected chi connectivity index (χ3v) is 6.39. The number of hydrogen-bond donors (Lipinski definition) is 2. The molecule has 0 saturated carbocycles. The van der Waals surface area contributed by atoms with Crippen molar-refractivity contribution in [3.05, 3.63) is 59.7 Å². The first-order valence-electron chi connectivity index (χ1n) is 11.1. The van der Waals surface area contributed by atoms with Crippen LogP contribution >= 0.6 is 0 Å². The van der Waals surface area contributed by atoms with Gasteiger partial charge in [0.25, 0.3) is 5.92 Å². The van der Waals surface area contributed by atoms with Crippen LogP contribution in [0.3, 0.4) is 0 Å². The van der Waals surface area contributed by atoms with Gasteiger partial charge in [0.15, 0.2) is 0 Å². The number of benzene rings is 2. The summed E-state index contributed by atoms with van der Waals surface area (Å²) in [4.78, 5) is 37.7. The smallest absolute Gasteiger partial charge is 0.407 e. The standard InChI is InChI=1S/C25H26F2N2O5/c1-14(2)21(22(30)29-13-25(26,27)11-20(29)23(31)32)28-24(33)34-12-19-17-9-5-3-7-15(17)16-8-4-6-10-18(16)19/h3-10,14,19-21H,11-13H2,1-2H3,(H,28,33)(H,31,32)/t20-,21+/m1/s1. The zero-order valence-electron chi connectivity index (χ0n) is 18.8. The van der Waals surface area contributed by atoms with Gasteiger partial charge in [0.05, 0.1) is 6.54 Å². The normalized spacial score (nSPS) is 19.4. The number of carboxylic acid groups (broad SMARTS) is 1. The lowest BCUT2D eigenvalue weighted by Gasteiger charge is -2.29. The lowest BCUT2D eigenvalue weighted by Crippen LogP contribution is -2.54. The Morgan fingerprint density at radius 3 is 2.18 bits per heavy atom. The fraction of sp³-hybridized carbons (Fsp3) is 0.400. The van der Waals surface area contributed by atoms with Crippen LogP contribution in [0, 0.1) is 5.92 Å². The van der Waals surface area contributed by atoms with Crippen LogP contribution in [0.4, 0.5) is 13.6 Å². The maximum atomic E-state index is 13.9. The Kier molecular flexibility index (Phi) is 6.29. The minimum absolute atomic E-state index is 0.0262. The van der Waals surface area contributed by atoms with Crippen LogP contribution in [0.25, 0.3) is 11.1 Å². The van der Waals surface area contributed by atoms with Crippen molar-refractivity contribution in [2.75, 3.05) is 13.2 Å². The van der Waals surface area contributed by atoms with Gasteiger partial charge in [-0.15, -0.1) is 0 Å². The average molecular weight is 472 g/mol. The van der Waals surface area contributed by atoms with Crippen molar-refractivity contribution in [3.63, 3.8) is 0 Å². The number of rotatable bonds is 6. The second-order valence-electron chi connectivity index (χ2n) is 9.07. The Balaban J connectivity index is 1.45. The molecular weight excluding hydrogens is 446 g/mol. The molecule has 0 bridgehead atoms. The molecule has 0 aromatic heterocycles. The fourth-order valence-corrected chi connectivity index (χ4v) is 4.73. The molecule has 0 unspecified atom stereocenters. The maximum absolute atomic E-state index is 13.9. The summed E-state index contributed by atoms with van der Waals surface area (Å²) >= 11 is 0. The first kappa shape index (κ1) is 23.7. The van der Waals surface area contributed by atoms with E-state index in [0.29, 0.717) is 4.90 Å². The van der Waals surface area contributed by atoms with Gasteiger partial charge in [0.1, 0.15) is 18.7 Å². The van der Waals surface area contributed by atoms with E-state index >= 15 is 0 Å². The van der Waals surface area contributed by atoms with E-state index in [-0.39, 0.29) is 12.5 Å². The molecule has 0 spiro atoms. The number of alkyl halides is 2. The van der Waals surface area contributed by atoms with E-state index in [1.165, 1.54) is 0 Å². The van der Waals surface area contributed by atoms with E-state index in [0.717, 1.165) is 22.3 Å². The van der Waals surface area contributed by atoms with E-state index in [2.05, 4.69) is 5.32 Å². The molecule has 2 amide bonds. The Morgan fingerprint density at radius 1 is 1.09 bits per heavy atom. The van der Waals surface area contributed by atoms with Crippen LogP contribution in [-0.4, -0.2) is 59.1 Å². The molecule has 9 heteroatoms. The number of carbonyl (C=O) groups is 3. The summed E-state index contributed by atoms with van der Waals surface area (Å²) in [5.74, 6) is -6.33. The zero-order chi connectivity index (χ0) is 24.6. The monoisotopic (exact) mass is 472 g/mol. The summed E-state index contributed by atoms with van der Waals surface area (Å²) in [5, 5.41) is 11.8. The lowest BCUT2D eigenvalue weighted by atomic mass is 9.98. The molecule has 4 rings (SSSR count). The van der Waals surface area contributed by atoms with Crippen molar-refractivity contribution in [1.29, 1.82) is 0 Å². The first-order valence-corrected chi connectivity index (χ1v) is 11.1. The fourth-order valence-electron chi connectivity index (χ4n) is 4.73. The number of alkyl carbamates (subject to hydrolysis) is 1. The molecule has 2 N–H and O–H groups in total. The van der Waals surface area contributed by atoms with Crippen molar-refractivity contribution in [2.24, 2.45) is 5.92 Å². The number of halogens is 2. The lowest BCUT2D eigenvalue weighted by molar-refractivity contribution is -0.149. The van der Waals surface area contributed by atoms with E-state index in [4.69, 9.17) is 4.74 Å². The highest BCUT2D eigenvalue weighted by molar-refractivity contribution is 5.90. The number of nitrogens with zero attached hydrogens (tertiary/aromatic N) is 1. The summed E-state index contributed by atoms with van der Waals surface area (Å²) < 4.78 is 33.2. The number of fused-ring (bicyclic) bond motifs is 3. The second kappa shape index (κ2) is 9.04. The highest BCUT2D eigenvalue weighted by Gasteiger charge is 2.51. The molecule has 1 saturated heterocycles. The molecule has 1 aliphatic carbocycles. The van der Waals surface area contributed by atoms with E-state index < -0.39 is 54.9 Å². The molecular formula is C25H26F2N2O5. The Morgan fingerprint density at radius 2 is 1.65 bits per heavy atom. The van der Waals surface area contributed by atoms with Crippen LogP contribution in [0.2, 0.25) is 0 Å². The highest BCUT2D eigenvalue weighted by atomic mass is 19.3. The van der Waals surface area contributed by atoms with Crippen molar-refractivity contribution in [2.45, 2.75) is 44.2 Å². The van der Waals surface area contributed by atoms with Gasteiger partial charge in [-0.05, 0) is 28.2 Å². The van der Waals surface area contributed by atoms with Crippen LogP contribution in [0.15, 0.2) is 48.5 Å². The molecule has 2 atom stereocenters. The largest absolute Gasteiger partial charge is 0.480 e. The number of nitrogens with one attached hydrogen (secondary N) is 1. The van der Waals surface area contributed by atoms with Gasteiger partial charge in [-0.2, -0.15) is 0 Å². The number of likely N-dealkylation sites (tertiary alicyclic amines) is 1. The predicted molar refractivity (Wildman–Crippen MR) is 120 cm³/mol. The first-order chi connectivity index (χ1) is 16.1. The van der Waals surface area contributed by atoms with Crippen LogP contribution < -0.4 is 5.32 Å². The van der Waals surface area contributed by atoms with Gasteiger partial charge in [0, 0.05) is 12.3 Å². The van der Waals surface area contributed by atoms with Gasteiger partial charge in [0.2, 0.25) is 5.91 Å². The minimum atomic E-state index is -3.30. The molecule has 180 valence electrons. The molecule has 2 aliphatic rings. The van der Waals surface area contributed by atoms with Gasteiger partial charge >= 0.3 is 12.1 Å². The van der Waals surface area contributed by atoms with E-state index in [9.17, 15) is 28.3 Å². The van der Waals surface area contributed by atoms with Crippen molar-refractivity contribution < 1.29 is 33.0 Å². The van der Waals surface area contributed by atoms with Crippen molar-refractivity contribution in [1.82, 2.24) is 10.2 Å². The topological polar surface area (TPSA) is 95.9 Å². The molecule has 2 aromatic rings. The van der Waals surface area contributed by atoms with E-state index in [1.807, 2.05) is 48.5 Å². The third kappa shape index (κ3) is 4.47. The third-order valence-electron chi connectivity index (χ3n) is 6.39. The second-order valence-corrected chi connectivity index (χ2v) is 9.07. The molecule has 2 aromatic carbocycles. The molecule has 7 nitrogen and oxygen atoms in total. The summed E-state index contributed by atoms with van der Waals surface area (Å²) in [6.07, 6.45) is -1.82. The maximum Gasteiger partial charge on any atom is 0.407 e. The summed E-state index contributed by atoms with van der Waals surface area (Å²) in [6, 6.07) is 12.8. The van der Waals surface area contributed by atoms with Gasteiger partial charge in [-0.25, -0.2) is 18.4 Å². The summed E-state index contributed by atoms with van der Waals surface area (Å²) in [6.45, 7) is 2.30. The molecule has 0 radical (unpaired) electrons. The van der Waals surface area contributed by atoms with Crippen molar-refractivity contribution in [3.8, 4) is 11.1 Å². The quantitative estimate of drug-likeness (QED) is 0.666. The number of carboxylic acids is 1. The van der Waals surface area contributed by atoms with E-state index in [1.54, 1.807) is 13.8 Å². The molecule has 1 fully saturated rings. The average Bonchev–Trinajstić information content (AvgIpc) is 3.30. The molecule has 1 heterocycles. The van der Waals surface area contributed by atoms with Gasteiger partial charge in [-0.1, -0.05) is 62.4 Å². The highest BCUT2D eigenvalue weighted by Crippen LogP contribution is 2.44. The Hall–Kier alpha value is -3.49. The van der Waals surface area contributed by atoms with Crippen LogP contribution in [0.1, 0.15) is 37.3 Å². The predicted octanol–water partition coefficient (Wildman–Crippen LogP) is 3.87. The van der Waals surface area contributed by atoms with Crippen LogP contribution in [0.5, 0.6) is 0 Å². The van der Waals surface area contributed by atoms with Crippen molar-refractivity contribution >= 4 is 18.0 Å². The molecule has 34 heavy (non-hydrogen) atoms. The molecule has 1 aliphatic heterocycles. The number of amides is 2. The zero-order valence-corrected chi connectivity index (χ0v) is 18.8. The summed E-state index contributed by atoms with van der Waals surface area (Å²) in [7, 11) is 0. The number of aliphatic carboxylic acids is 1. The van der Waals surface area contributed by atoms with Crippen LogP contribution in [-0.2, 0) is 14.3 Å². The summed E-state index contributed by atoms with van der Waals surface area (Å²) in [5.41, 5.74) is 4.18. The Labute approximate surface area is 195 Å². The van der Waals surface area contributed by atoms with Gasteiger partial charge < -0.3 is 20.1 Å². The Bertz CT molecular complexity index is 1070. The van der Waals surface area contributed by atoms with Gasteiger partial charge in [-0.3, -0.25) is 4.79 Å². The number of ether oxygens (including phenoxy) is 1. The number of carbonyl (C=O) groups excluding carboxylic acids is 2. The SMILES string of the molecule is CC(C)[C@H](NC(=O)OCC1c2ccccc2-c2ccccc21)C(=O)N1CC(F)(F)C[C@@H]1C(=O)O. The number of hydrogen-bond acceptors (Lipinski definition) is 4.